The molecule has 0 aromatic heterocycles. The number of hydrogen-bond acceptors (Lipinski definition) is 2. The first-order valence-electron chi connectivity index (χ1n) is 21.1. The number of rotatable bonds is 9. The Morgan fingerprint density at radius 1 is 0.421 bits per heavy atom. The third-order valence-corrected chi connectivity index (χ3v) is 17.6. The van der Waals surface area contributed by atoms with Crippen LogP contribution in [0.25, 0.3) is 0 Å². The Balaban J connectivity index is 2.77. The van der Waals surface area contributed by atoms with Gasteiger partial charge in [-0.3, -0.25) is 0 Å². The smallest absolute Gasteiger partial charge is 0.192 e. The predicted octanol–water partition coefficient (Wildman–Crippen LogP) is 15.0. The SMILES string of the molecule is CC(C)(C)c1cc(C(C)(C)C)c(P=C(O[Si](C)(C)C)P(C(O[Si](C)(C)C)=Pc2c(C(C)(C)C)cc(C(C)(C)C)cc2C(C)(C)C)c2ccccc2)c(C(C)(C)C)c1. The fourth-order valence-corrected chi connectivity index (χ4v) is 18.4. The Morgan fingerprint density at radius 2 is 0.684 bits per heavy atom. The van der Waals surface area contributed by atoms with Gasteiger partial charge >= 0.3 is 0 Å². The van der Waals surface area contributed by atoms with Gasteiger partial charge in [0.05, 0.1) is 0 Å². The van der Waals surface area contributed by atoms with Crippen molar-refractivity contribution < 1.29 is 8.85 Å². The highest BCUT2D eigenvalue weighted by molar-refractivity contribution is 8.06. The molecule has 3 rings (SSSR count). The Labute approximate surface area is 358 Å². The highest BCUT2D eigenvalue weighted by Crippen LogP contribution is 2.49. The maximum absolute atomic E-state index is 7.57. The van der Waals surface area contributed by atoms with Crippen LogP contribution >= 0.6 is 24.3 Å². The minimum absolute atomic E-state index is 0.0243. The van der Waals surface area contributed by atoms with E-state index in [4.69, 9.17) is 8.85 Å². The van der Waals surface area contributed by atoms with Crippen LogP contribution in [0.2, 0.25) is 39.3 Å². The van der Waals surface area contributed by atoms with Gasteiger partial charge in [-0.05, 0) is 127 Å². The fraction of sp³-hybridized carbons (Fsp3) is 0.600. The molecule has 0 amide bonds. The lowest BCUT2D eigenvalue weighted by Crippen LogP contribution is -2.36. The van der Waals surface area contributed by atoms with Crippen LogP contribution < -0.4 is 15.9 Å². The van der Waals surface area contributed by atoms with Crippen molar-refractivity contribution in [2.75, 3.05) is 0 Å². The van der Waals surface area contributed by atoms with Crippen LogP contribution in [0, 0.1) is 0 Å². The maximum atomic E-state index is 7.57. The second-order valence-electron chi connectivity index (χ2n) is 24.2. The van der Waals surface area contributed by atoms with Crippen LogP contribution in [0.15, 0.2) is 54.6 Å². The normalized spacial score (nSPS) is 15.3. The van der Waals surface area contributed by atoms with Crippen LogP contribution in [-0.4, -0.2) is 27.1 Å². The largest absolute Gasteiger partial charge is 0.381 e. The monoisotopic (exact) mass is 862 g/mol. The van der Waals surface area contributed by atoms with Crippen molar-refractivity contribution in [1.29, 1.82) is 0 Å². The van der Waals surface area contributed by atoms with Gasteiger partial charge in [-0.2, -0.15) is 0 Å². The van der Waals surface area contributed by atoms with E-state index in [2.05, 4.69) is 219 Å². The lowest BCUT2D eigenvalue weighted by Gasteiger charge is -2.35. The summed E-state index contributed by atoms with van der Waals surface area (Å²) in [6.07, 6.45) is 0. The average Bonchev–Trinajstić information content (AvgIpc) is 2.96. The van der Waals surface area contributed by atoms with Gasteiger partial charge in [0.1, 0.15) is 10.4 Å². The van der Waals surface area contributed by atoms with Gasteiger partial charge in [-0.1, -0.05) is 179 Å². The van der Waals surface area contributed by atoms with Crippen molar-refractivity contribution in [3.8, 4) is 0 Å². The molecule has 0 radical (unpaired) electrons. The molecule has 0 unspecified atom stereocenters. The summed E-state index contributed by atoms with van der Waals surface area (Å²) in [5.74, 6) is 0. The third-order valence-electron chi connectivity index (χ3n) is 9.79. The van der Waals surface area contributed by atoms with E-state index in [0.29, 0.717) is 0 Å². The minimum Gasteiger partial charge on any atom is -0.381 e. The molecule has 0 atom stereocenters. The van der Waals surface area contributed by atoms with Crippen molar-refractivity contribution in [3.05, 3.63) is 88.0 Å². The molecular formula is C50H81O2P3Si2. The zero-order valence-corrected chi connectivity index (χ0v) is 45.5. The highest BCUT2D eigenvalue weighted by atomic mass is 31.2. The van der Waals surface area contributed by atoms with Crippen LogP contribution in [0.4, 0.5) is 0 Å². The fourth-order valence-electron chi connectivity index (χ4n) is 6.52. The summed E-state index contributed by atoms with van der Waals surface area (Å²) in [5.41, 5.74) is 8.21. The van der Waals surface area contributed by atoms with E-state index in [9.17, 15) is 0 Å². The van der Waals surface area contributed by atoms with Crippen LogP contribution in [0.5, 0.6) is 0 Å². The molecule has 0 spiro atoms. The first kappa shape index (κ1) is 50.1. The van der Waals surface area contributed by atoms with Crippen molar-refractivity contribution in [2.45, 2.75) is 196 Å². The zero-order valence-electron chi connectivity index (χ0n) is 40.9. The molecule has 0 heterocycles. The van der Waals surface area contributed by atoms with E-state index in [1.165, 1.54) is 49.3 Å². The lowest BCUT2D eigenvalue weighted by atomic mass is 9.75. The minimum atomic E-state index is -2.13. The van der Waals surface area contributed by atoms with Gasteiger partial charge < -0.3 is 8.85 Å². The molecule has 2 nitrogen and oxygen atoms in total. The first-order chi connectivity index (χ1) is 25.3. The third kappa shape index (κ3) is 13.9. The number of hydrogen-bond donors (Lipinski definition) is 0. The summed E-state index contributed by atoms with van der Waals surface area (Å²) in [6, 6.07) is 21.3. The maximum Gasteiger partial charge on any atom is 0.192 e. The van der Waals surface area contributed by atoms with Gasteiger partial charge in [-0.25, -0.2) is 0 Å². The molecule has 0 fully saturated rings. The van der Waals surface area contributed by atoms with E-state index in [1.807, 2.05) is 0 Å². The summed E-state index contributed by atoms with van der Waals surface area (Å²) in [7, 11) is -3.17. The molecule has 0 bridgehead atoms. The molecule has 3 aromatic carbocycles. The molecule has 3 aromatic rings. The quantitative estimate of drug-likeness (QED) is 0.158. The topological polar surface area (TPSA) is 18.5 Å². The molecule has 0 saturated heterocycles. The van der Waals surface area contributed by atoms with E-state index in [0.717, 1.165) is 26.8 Å². The first-order valence-corrected chi connectivity index (χ1v) is 31.0. The molecule has 0 aliphatic carbocycles. The second-order valence-corrected chi connectivity index (χ2v) is 37.9. The Hall–Kier alpha value is -1.22. The Kier molecular flexibility index (Phi) is 15.2. The Bertz CT molecular complexity index is 1740. The summed E-state index contributed by atoms with van der Waals surface area (Å²) < 4.78 is 15.1. The van der Waals surface area contributed by atoms with Gasteiger partial charge in [0, 0.05) is 18.5 Å². The van der Waals surface area contributed by atoms with Gasteiger partial charge in [-0.15, -0.1) is 0 Å². The van der Waals surface area contributed by atoms with Crippen molar-refractivity contribution in [3.63, 3.8) is 0 Å². The zero-order chi connectivity index (χ0) is 44.1. The molecule has 0 N–H and O–H groups in total. The summed E-state index contributed by atoms with van der Waals surface area (Å²) in [6.45, 7) is 56.7. The van der Waals surface area contributed by atoms with Crippen LogP contribution in [0.1, 0.15) is 158 Å². The molecule has 0 aliphatic heterocycles. The van der Waals surface area contributed by atoms with E-state index >= 15 is 0 Å². The van der Waals surface area contributed by atoms with Crippen LogP contribution in [-0.2, 0) is 41.3 Å². The van der Waals surface area contributed by atoms with E-state index in [1.54, 1.807) is 0 Å². The van der Waals surface area contributed by atoms with Gasteiger partial charge in [0.15, 0.2) is 16.6 Å². The summed E-state index contributed by atoms with van der Waals surface area (Å²) in [5, 5.41) is 6.37. The predicted molar refractivity (Wildman–Crippen MR) is 270 cm³/mol. The van der Waals surface area contributed by atoms with Gasteiger partial charge in [0.2, 0.25) is 0 Å². The Morgan fingerprint density at radius 3 is 0.895 bits per heavy atom. The van der Waals surface area contributed by atoms with E-state index < -0.39 is 24.6 Å². The molecule has 0 saturated carbocycles. The van der Waals surface area contributed by atoms with E-state index in [-0.39, 0.29) is 32.5 Å². The molecule has 57 heavy (non-hydrogen) atoms. The van der Waals surface area contributed by atoms with Crippen molar-refractivity contribution in [1.82, 2.24) is 0 Å². The van der Waals surface area contributed by atoms with Crippen LogP contribution in [0.3, 0.4) is 0 Å². The van der Waals surface area contributed by atoms with Crippen molar-refractivity contribution >= 4 is 67.3 Å². The summed E-state index contributed by atoms with van der Waals surface area (Å²) in [4.78, 5) is 0. The van der Waals surface area contributed by atoms with Gasteiger partial charge in [0.25, 0.3) is 0 Å². The summed E-state index contributed by atoms with van der Waals surface area (Å²) >= 11 is 0. The highest BCUT2D eigenvalue weighted by Gasteiger charge is 2.36. The molecular weight excluding hydrogens is 782 g/mol. The number of benzene rings is 3. The van der Waals surface area contributed by atoms with Crippen molar-refractivity contribution in [2.24, 2.45) is 0 Å². The molecule has 316 valence electrons. The lowest BCUT2D eigenvalue weighted by molar-refractivity contribution is 0.553. The average molecular weight is 863 g/mol. The standard InChI is InChI=1S/C50H81O2P3Si2/c1-45(2,3)34-30-37(47(7,8)9)41(38(31-34)48(10,11)12)53-43(51-56(19,20)21)55(36-28-26-25-27-29-36)44(52-57(22,23)24)54-42-39(49(13,14)15)32-35(46(4,5)6)33-40(42)50(16,17)18/h25-33H,1-24H3. The molecule has 0 aliphatic rings. The second kappa shape index (κ2) is 17.3. The molecule has 7 heteroatoms.